The van der Waals surface area contributed by atoms with Crippen LogP contribution in [0.1, 0.15) is 16.8 Å². The van der Waals surface area contributed by atoms with Crippen molar-refractivity contribution in [1.82, 2.24) is 10.3 Å². The molecule has 2 aromatic rings. The number of pyridine rings is 1. The van der Waals surface area contributed by atoms with E-state index in [-0.39, 0.29) is 48.1 Å². The molecule has 0 bridgehead atoms. The Bertz CT molecular complexity index is 949. The molecule has 0 unspecified atom stereocenters. The monoisotopic (exact) mass is 445 g/mol. The van der Waals surface area contributed by atoms with Gasteiger partial charge in [-0.3, -0.25) is 9.59 Å². The first kappa shape index (κ1) is 24.3. The molecule has 0 aliphatic carbocycles. The Labute approximate surface area is 183 Å². The number of anilines is 1. The second-order valence-corrected chi connectivity index (χ2v) is 6.48. The Balaban J connectivity index is 1.84. The van der Waals surface area contributed by atoms with Gasteiger partial charge in [0.2, 0.25) is 0 Å². The molecule has 1 aromatic heterocycles. The summed E-state index contributed by atoms with van der Waals surface area (Å²) < 4.78 is 10.1. The van der Waals surface area contributed by atoms with Crippen molar-refractivity contribution in [3.05, 3.63) is 48.2 Å². The van der Waals surface area contributed by atoms with Crippen molar-refractivity contribution in [2.45, 2.75) is 6.42 Å². The Morgan fingerprint density at radius 2 is 1.62 bits per heavy atom. The van der Waals surface area contributed by atoms with Crippen LogP contribution in [0.5, 0.6) is 11.5 Å². The Kier molecular flexibility index (Phi) is 9.60. The number of ketones is 2. The molecule has 0 spiro atoms. The number of carbonyl (C=O) groups excluding carboxylic acids is 2. The molecule has 32 heavy (non-hydrogen) atoms. The summed E-state index contributed by atoms with van der Waals surface area (Å²) in [7, 11) is 0. The number of carboxylic acid groups (broad SMARTS) is 2. The lowest BCUT2D eigenvalue weighted by atomic mass is 10.1. The Morgan fingerprint density at radius 1 is 0.906 bits per heavy atom. The molecule has 11 nitrogen and oxygen atoms in total. The van der Waals surface area contributed by atoms with Crippen LogP contribution in [0.15, 0.2) is 42.6 Å². The van der Waals surface area contributed by atoms with Crippen molar-refractivity contribution in [3.8, 4) is 11.5 Å². The number of hydrogen-bond acceptors (Lipinski definition) is 9. The summed E-state index contributed by atoms with van der Waals surface area (Å²) in [6, 6.07) is 9.38. The van der Waals surface area contributed by atoms with Gasteiger partial charge in [-0.2, -0.15) is 0 Å². The largest absolute Gasteiger partial charge is 0.479 e. The van der Waals surface area contributed by atoms with Crippen molar-refractivity contribution < 1.29 is 38.9 Å². The normalized spacial score (nSPS) is 10.2. The number of nitrogens with zero attached hydrogens (tertiary/aromatic N) is 1. The summed E-state index contributed by atoms with van der Waals surface area (Å²) in [5.74, 6) is -2.34. The lowest BCUT2D eigenvalue weighted by molar-refractivity contribution is -0.140. The molecule has 0 saturated carbocycles. The predicted molar refractivity (Wildman–Crippen MR) is 112 cm³/mol. The fourth-order valence-electron chi connectivity index (χ4n) is 2.50. The third-order valence-corrected chi connectivity index (χ3v) is 3.95. The van der Waals surface area contributed by atoms with Gasteiger partial charge in [-0.1, -0.05) is 6.07 Å². The number of nitrogens with one attached hydrogen (secondary N) is 2. The summed E-state index contributed by atoms with van der Waals surface area (Å²) in [5, 5.41) is 23.3. The zero-order chi connectivity index (χ0) is 23.3. The summed E-state index contributed by atoms with van der Waals surface area (Å²) in [5.41, 5.74) is 0.185. The van der Waals surface area contributed by atoms with Crippen LogP contribution in [0.25, 0.3) is 0 Å². The first-order chi connectivity index (χ1) is 15.3. The van der Waals surface area contributed by atoms with Crippen molar-refractivity contribution in [2.75, 3.05) is 38.2 Å². The number of aliphatic carboxylic acids is 2. The molecule has 11 heteroatoms. The summed E-state index contributed by atoms with van der Waals surface area (Å²) in [6.07, 6.45) is 1.89. The number of aromatic nitrogens is 1. The Hall–Kier alpha value is -3.99. The van der Waals surface area contributed by atoms with Crippen LogP contribution in [0.3, 0.4) is 0 Å². The molecule has 4 N–H and O–H groups in total. The molecule has 170 valence electrons. The second-order valence-electron chi connectivity index (χ2n) is 6.48. The van der Waals surface area contributed by atoms with E-state index in [1.807, 2.05) is 6.07 Å². The third kappa shape index (κ3) is 8.79. The van der Waals surface area contributed by atoms with Crippen LogP contribution in [0, 0.1) is 0 Å². The van der Waals surface area contributed by atoms with E-state index in [2.05, 4.69) is 15.6 Å². The Morgan fingerprint density at radius 3 is 2.28 bits per heavy atom. The fourth-order valence-corrected chi connectivity index (χ4v) is 2.50. The van der Waals surface area contributed by atoms with Gasteiger partial charge >= 0.3 is 11.9 Å². The predicted octanol–water partition coefficient (Wildman–Crippen LogP) is 0.852. The standard InChI is InChI=1S/C21H23N3O8/c25-15(6-8-24-19-3-1-2-7-23-19)10-22-11-16(26)14-4-5-17(31-12-20(27)28)18(9-14)32-13-21(29)30/h1-5,7,9,22H,6,8,10-13H2,(H,23,24)(H,27,28)(H,29,30). The molecule has 1 heterocycles. The number of Topliss-reactive ketones (excluding diaryl/α,β-unsaturated/α-hetero) is 2. The van der Waals surface area contributed by atoms with Gasteiger partial charge in [0.25, 0.3) is 0 Å². The molecular weight excluding hydrogens is 422 g/mol. The van der Waals surface area contributed by atoms with Crippen LogP contribution < -0.4 is 20.1 Å². The van der Waals surface area contributed by atoms with E-state index >= 15 is 0 Å². The van der Waals surface area contributed by atoms with Gasteiger partial charge in [-0.05, 0) is 30.3 Å². The number of carboxylic acids is 2. The van der Waals surface area contributed by atoms with E-state index in [9.17, 15) is 19.2 Å². The van der Waals surface area contributed by atoms with Crippen molar-refractivity contribution >= 4 is 29.3 Å². The van der Waals surface area contributed by atoms with Crippen LogP contribution in [0.2, 0.25) is 0 Å². The molecule has 0 fully saturated rings. The zero-order valence-corrected chi connectivity index (χ0v) is 17.1. The molecule has 0 aliphatic rings. The van der Waals surface area contributed by atoms with Gasteiger partial charge in [-0.15, -0.1) is 0 Å². The van der Waals surface area contributed by atoms with Crippen LogP contribution in [-0.4, -0.2) is 71.6 Å². The van der Waals surface area contributed by atoms with Crippen LogP contribution >= 0.6 is 0 Å². The maximum atomic E-state index is 12.4. The molecule has 0 aliphatic heterocycles. The second kappa shape index (κ2) is 12.6. The molecule has 1 aromatic carbocycles. The highest BCUT2D eigenvalue weighted by molar-refractivity contribution is 5.98. The minimum atomic E-state index is -1.25. The quantitative estimate of drug-likeness (QED) is 0.287. The van der Waals surface area contributed by atoms with E-state index in [1.165, 1.54) is 18.2 Å². The van der Waals surface area contributed by atoms with Crippen molar-refractivity contribution in [1.29, 1.82) is 0 Å². The molecule has 0 atom stereocenters. The maximum Gasteiger partial charge on any atom is 0.341 e. The number of hydrogen-bond donors (Lipinski definition) is 4. The number of carbonyl (C=O) groups is 4. The van der Waals surface area contributed by atoms with Gasteiger partial charge in [-0.25, -0.2) is 14.6 Å². The molecule has 0 amide bonds. The highest BCUT2D eigenvalue weighted by Crippen LogP contribution is 2.28. The highest BCUT2D eigenvalue weighted by Gasteiger charge is 2.14. The molecule has 0 radical (unpaired) electrons. The van der Waals surface area contributed by atoms with Gasteiger partial charge in [0.15, 0.2) is 30.5 Å². The summed E-state index contributed by atoms with van der Waals surface area (Å²) in [4.78, 5) is 49.9. The zero-order valence-electron chi connectivity index (χ0n) is 17.1. The van der Waals surface area contributed by atoms with Crippen molar-refractivity contribution in [2.24, 2.45) is 0 Å². The first-order valence-electron chi connectivity index (χ1n) is 9.59. The number of ether oxygens (including phenoxy) is 2. The van der Waals surface area contributed by atoms with Crippen LogP contribution in [0.4, 0.5) is 5.82 Å². The van der Waals surface area contributed by atoms with Gasteiger partial charge in [0, 0.05) is 24.7 Å². The minimum Gasteiger partial charge on any atom is -0.479 e. The summed E-state index contributed by atoms with van der Waals surface area (Å²) in [6.45, 7) is -1.07. The van der Waals surface area contributed by atoms with E-state index in [4.69, 9.17) is 19.7 Å². The van der Waals surface area contributed by atoms with E-state index in [1.54, 1.807) is 18.3 Å². The highest BCUT2D eigenvalue weighted by atomic mass is 16.5. The first-order valence-corrected chi connectivity index (χ1v) is 9.59. The molecular formula is C21H23N3O8. The smallest absolute Gasteiger partial charge is 0.341 e. The number of benzene rings is 1. The van der Waals surface area contributed by atoms with Gasteiger partial charge < -0.3 is 30.3 Å². The third-order valence-electron chi connectivity index (χ3n) is 3.95. The average molecular weight is 445 g/mol. The lowest BCUT2D eigenvalue weighted by Gasteiger charge is -2.12. The van der Waals surface area contributed by atoms with Crippen LogP contribution in [-0.2, 0) is 14.4 Å². The average Bonchev–Trinajstić information content (AvgIpc) is 2.77. The summed E-state index contributed by atoms with van der Waals surface area (Å²) >= 11 is 0. The van der Waals surface area contributed by atoms with E-state index < -0.39 is 25.2 Å². The molecule has 0 saturated heterocycles. The maximum absolute atomic E-state index is 12.4. The van der Waals surface area contributed by atoms with Gasteiger partial charge in [0.1, 0.15) is 11.6 Å². The molecule has 2 rings (SSSR count). The van der Waals surface area contributed by atoms with Gasteiger partial charge in [0.05, 0.1) is 13.1 Å². The SMILES string of the molecule is O=C(O)COc1ccc(C(=O)CNCC(=O)CCNc2ccccn2)cc1OCC(=O)O. The van der Waals surface area contributed by atoms with Crippen molar-refractivity contribution in [3.63, 3.8) is 0 Å². The minimum absolute atomic E-state index is 0.00217. The number of rotatable bonds is 15. The van der Waals surface area contributed by atoms with E-state index in [0.29, 0.717) is 12.4 Å². The topological polar surface area (TPSA) is 164 Å². The lowest BCUT2D eigenvalue weighted by Crippen LogP contribution is -2.29. The fraction of sp³-hybridized carbons (Fsp3) is 0.286. The van der Waals surface area contributed by atoms with E-state index in [0.717, 1.165) is 0 Å².